The highest BCUT2D eigenvalue weighted by atomic mass is 32.1. The average molecular weight is 270 g/mol. The molecule has 8 heteroatoms. The summed E-state index contributed by atoms with van der Waals surface area (Å²) in [5.74, 6) is -1.89. The highest BCUT2D eigenvalue weighted by molar-refractivity contribution is 7.74. The van der Waals surface area contributed by atoms with Crippen molar-refractivity contribution in [3.63, 3.8) is 0 Å². The van der Waals surface area contributed by atoms with Crippen molar-refractivity contribution in [2.45, 2.75) is 37.6 Å². The number of aliphatic hydroxyl groups is 1. The molecule has 2 aliphatic carbocycles. The second-order valence-electron chi connectivity index (χ2n) is 4.37. The van der Waals surface area contributed by atoms with E-state index < -0.39 is 24.3 Å². The Morgan fingerprint density at radius 1 is 1.35 bits per heavy atom. The molecule has 2 saturated carbocycles. The number of rotatable bonds is 4. The second kappa shape index (κ2) is 4.68. The number of esters is 1. The Bertz CT molecular complexity index is 312. The van der Waals surface area contributed by atoms with E-state index in [4.69, 9.17) is 0 Å². The van der Waals surface area contributed by atoms with Crippen molar-refractivity contribution in [3.8, 4) is 0 Å². The quantitative estimate of drug-likeness (QED) is 0.263. The van der Waals surface area contributed by atoms with Crippen LogP contribution in [0, 0.1) is 11.8 Å². The Kier molecular flexibility index (Phi) is 3.58. The molecule has 4 unspecified atom stereocenters. The van der Waals surface area contributed by atoms with Crippen LogP contribution in [0.25, 0.3) is 0 Å². The maximum atomic E-state index is 12.9. The minimum absolute atomic E-state index is 0.0356. The van der Waals surface area contributed by atoms with Gasteiger partial charge >= 0.3 is 12.1 Å². The molecular weight excluding hydrogens is 258 g/mol. The highest BCUT2D eigenvalue weighted by Crippen LogP contribution is 2.46. The van der Waals surface area contributed by atoms with Crippen molar-refractivity contribution < 1.29 is 32.6 Å². The normalized spacial score (nSPS) is 36.2. The molecule has 0 aliphatic heterocycles. The molecule has 4 atom stereocenters. The van der Waals surface area contributed by atoms with Crippen LogP contribution < -0.4 is 0 Å². The van der Waals surface area contributed by atoms with Crippen LogP contribution in [-0.4, -0.2) is 29.4 Å². The van der Waals surface area contributed by atoms with Crippen molar-refractivity contribution >= 4 is 18.9 Å². The molecule has 0 aromatic rings. The topological polar surface area (TPSA) is 65.0 Å². The molecule has 1 N–H and O–H groups in total. The Hall–Kier alpha value is -0.440. The first-order valence-corrected chi connectivity index (χ1v) is 5.58. The molecule has 0 aromatic heterocycles. The molecule has 0 amide bonds. The molecule has 0 radical (unpaired) electrons. The van der Waals surface area contributed by atoms with Crippen LogP contribution in [0.5, 0.6) is 0 Å². The second-order valence-corrected chi connectivity index (χ2v) is 4.52. The van der Waals surface area contributed by atoms with Crippen molar-refractivity contribution in [1.29, 1.82) is 0 Å². The first kappa shape index (κ1) is 13.0. The minimum atomic E-state index is -4.22. The number of fused-ring (bicyclic) bond motifs is 2. The van der Waals surface area contributed by atoms with Gasteiger partial charge in [0.2, 0.25) is 0 Å². The van der Waals surface area contributed by atoms with Gasteiger partial charge in [0, 0.05) is 12.9 Å². The fraction of sp³-hybridized carbons (Fsp3) is 0.889. The first-order chi connectivity index (χ1) is 7.95. The summed E-state index contributed by atoms with van der Waals surface area (Å²) in [5, 5.41) is 9.71. The maximum absolute atomic E-state index is 12.9. The van der Waals surface area contributed by atoms with E-state index in [0.717, 1.165) is 12.8 Å². The average Bonchev–Trinajstić information content (AvgIpc) is 2.82. The van der Waals surface area contributed by atoms with Gasteiger partial charge < -0.3 is 9.84 Å². The lowest BCUT2D eigenvalue weighted by molar-refractivity contribution is -0.371. The summed E-state index contributed by atoms with van der Waals surface area (Å²) in [6.45, 7) is 0. The van der Waals surface area contributed by atoms with E-state index in [0.29, 0.717) is 6.42 Å². The zero-order chi connectivity index (χ0) is 12.6. The van der Waals surface area contributed by atoms with Gasteiger partial charge in [0.1, 0.15) is 6.10 Å². The van der Waals surface area contributed by atoms with Gasteiger partial charge in [0.05, 0.1) is 6.10 Å². The zero-order valence-corrected chi connectivity index (χ0v) is 9.61. The molecule has 0 spiro atoms. The highest BCUT2D eigenvalue weighted by Gasteiger charge is 2.53. The van der Waals surface area contributed by atoms with E-state index >= 15 is 0 Å². The summed E-state index contributed by atoms with van der Waals surface area (Å²) in [4.78, 5) is 14.5. The molecule has 0 heterocycles. The maximum Gasteiger partial charge on any atom is 0.483 e. The third kappa shape index (κ3) is 2.40. The summed E-state index contributed by atoms with van der Waals surface area (Å²) in [6, 6.07) is 0. The summed E-state index contributed by atoms with van der Waals surface area (Å²) in [5.41, 5.74) is 0. The van der Waals surface area contributed by atoms with Crippen molar-refractivity contribution in [3.05, 3.63) is 0 Å². The fourth-order valence-corrected chi connectivity index (χ4v) is 2.74. The zero-order valence-electron chi connectivity index (χ0n) is 8.71. The molecule has 17 heavy (non-hydrogen) atoms. The largest absolute Gasteiger partial charge is 0.483 e. The Morgan fingerprint density at radius 2 is 2.00 bits per heavy atom. The Labute approximate surface area is 102 Å². The summed E-state index contributed by atoms with van der Waals surface area (Å²) in [6.07, 6.45) is -3.65. The third-order valence-corrected chi connectivity index (χ3v) is 3.50. The first-order valence-electron chi connectivity index (χ1n) is 5.22. The number of thiol groups is 1. The minimum Gasteiger partial charge on any atom is -0.453 e. The lowest BCUT2D eigenvalue weighted by atomic mass is 9.95. The van der Waals surface area contributed by atoms with Crippen LogP contribution in [0.1, 0.15) is 19.3 Å². The molecule has 2 aliphatic rings. The smallest absolute Gasteiger partial charge is 0.453 e. The van der Waals surface area contributed by atoms with Crippen molar-refractivity contribution in [1.82, 2.24) is 0 Å². The van der Waals surface area contributed by atoms with E-state index in [9.17, 15) is 18.7 Å². The van der Waals surface area contributed by atoms with Crippen molar-refractivity contribution in [2.75, 3.05) is 0 Å². The molecular formula is C9H12F2O5S. The molecule has 2 fully saturated rings. The molecule has 98 valence electrons. The molecule has 2 rings (SSSR count). The lowest BCUT2D eigenvalue weighted by Crippen LogP contribution is -2.42. The Balaban J connectivity index is 1.95. The monoisotopic (exact) mass is 270 g/mol. The van der Waals surface area contributed by atoms with Crippen LogP contribution in [0.2, 0.25) is 0 Å². The standard InChI is InChI=1S/C9H12F2O5S/c10-9(11,15-16-17)8(13)14-7-5-2-1-4(3-5)6(7)12/h4-7,12,17H,1-3H2. The number of hydrogen-bond acceptors (Lipinski definition) is 6. The third-order valence-electron chi connectivity index (χ3n) is 3.42. The van der Waals surface area contributed by atoms with Crippen LogP contribution in [-0.2, 0) is 18.8 Å². The predicted octanol–water partition coefficient (Wildman–Crippen LogP) is 1.07. The van der Waals surface area contributed by atoms with Crippen molar-refractivity contribution in [2.24, 2.45) is 11.8 Å². The van der Waals surface area contributed by atoms with Gasteiger partial charge in [-0.2, -0.15) is 13.1 Å². The van der Waals surface area contributed by atoms with E-state index in [-0.39, 0.29) is 11.8 Å². The van der Waals surface area contributed by atoms with Crippen LogP contribution >= 0.6 is 12.9 Å². The molecule has 0 aromatic carbocycles. The number of alkyl halides is 2. The van der Waals surface area contributed by atoms with Gasteiger partial charge in [-0.05, 0) is 31.1 Å². The van der Waals surface area contributed by atoms with E-state index in [2.05, 4.69) is 26.9 Å². The number of halogens is 2. The van der Waals surface area contributed by atoms with Crippen LogP contribution in [0.3, 0.4) is 0 Å². The van der Waals surface area contributed by atoms with Gasteiger partial charge in [0.15, 0.2) is 0 Å². The van der Waals surface area contributed by atoms with Gasteiger partial charge in [-0.25, -0.2) is 4.79 Å². The molecule has 5 nitrogen and oxygen atoms in total. The van der Waals surface area contributed by atoms with E-state index in [1.54, 1.807) is 0 Å². The fourth-order valence-electron chi connectivity index (χ4n) is 2.65. The number of carbonyl (C=O) groups excluding carboxylic acids is 1. The van der Waals surface area contributed by atoms with Gasteiger partial charge in [-0.1, -0.05) is 0 Å². The number of ether oxygens (including phenoxy) is 1. The van der Waals surface area contributed by atoms with Gasteiger partial charge in [-0.3, -0.25) is 0 Å². The Morgan fingerprint density at radius 3 is 2.53 bits per heavy atom. The predicted molar refractivity (Wildman–Crippen MR) is 52.8 cm³/mol. The summed E-state index contributed by atoms with van der Waals surface area (Å²) < 4.78 is 33.8. The SMILES string of the molecule is O=C(OC1C2CCC(C2)C1O)C(F)(F)OOS. The van der Waals surface area contributed by atoms with Gasteiger partial charge in [-0.15, -0.1) is 4.89 Å². The summed E-state index contributed by atoms with van der Waals surface area (Å²) in [7, 11) is 0. The number of carbonyl (C=O) groups is 1. The van der Waals surface area contributed by atoms with Crippen LogP contribution in [0.4, 0.5) is 8.78 Å². The molecule has 2 bridgehead atoms. The van der Waals surface area contributed by atoms with Gasteiger partial charge in [0.25, 0.3) is 0 Å². The lowest BCUT2D eigenvalue weighted by Gasteiger charge is -2.27. The molecule has 0 saturated heterocycles. The van der Waals surface area contributed by atoms with E-state index in [1.807, 2.05) is 0 Å². The van der Waals surface area contributed by atoms with E-state index in [1.165, 1.54) is 0 Å². The number of hydrogen-bond donors (Lipinski definition) is 2. The number of aliphatic hydroxyl groups excluding tert-OH is 1. The summed E-state index contributed by atoms with van der Waals surface area (Å²) >= 11 is 2.96. The van der Waals surface area contributed by atoms with Crippen LogP contribution in [0.15, 0.2) is 0 Å².